The summed E-state index contributed by atoms with van der Waals surface area (Å²) in [6.07, 6.45) is 5.80. The Bertz CT molecular complexity index is 464. The number of halogens is 2. The Labute approximate surface area is 132 Å². The number of likely N-dealkylation sites (tertiary alicyclic amines) is 1. The molecule has 20 heavy (non-hydrogen) atoms. The van der Waals surface area contributed by atoms with Crippen molar-refractivity contribution in [1.82, 2.24) is 0 Å². The van der Waals surface area contributed by atoms with E-state index in [1.54, 1.807) is 0 Å². The van der Waals surface area contributed by atoms with Gasteiger partial charge in [-0.3, -0.25) is 0 Å². The molecule has 1 nitrogen and oxygen atoms in total. The molecule has 0 radical (unpaired) electrons. The van der Waals surface area contributed by atoms with E-state index < -0.39 is 0 Å². The van der Waals surface area contributed by atoms with Crippen LogP contribution in [0.2, 0.25) is 10.0 Å². The van der Waals surface area contributed by atoms with E-state index in [1.165, 1.54) is 42.5 Å². The highest BCUT2D eigenvalue weighted by atomic mass is 35.5. The largest absolute Gasteiger partial charge is 0.320 e. The van der Waals surface area contributed by atoms with Crippen LogP contribution in [0.3, 0.4) is 0 Å². The second kappa shape index (κ2) is 6.98. The number of quaternary nitrogens is 1. The van der Waals surface area contributed by atoms with E-state index in [4.69, 9.17) is 23.2 Å². The first-order valence-corrected chi connectivity index (χ1v) is 8.20. The Morgan fingerprint density at radius 2 is 2.00 bits per heavy atom. The van der Waals surface area contributed by atoms with E-state index in [2.05, 4.69) is 25.6 Å². The SMILES string of the molecule is C=CC[N+]1(CC(C)Cc2ccc(Cl)cc2Cl)CCCC1. The van der Waals surface area contributed by atoms with Crippen molar-refractivity contribution >= 4 is 23.2 Å². The van der Waals surface area contributed by atoms with E-state index >= 15 is 0 Å². The first-order chi connectivity index (χ1) is 9.54. The van der Waals surface area contributed by atoms with Gasteiger partial charge in [0.05, 0.1) is 26.2 Å². The molecule has 0 bridgehead atoms. The molecular formula is C17H24Cl2N+. The average molecular weight is 313 g/mol. The maximum absolute atomic E-state index is 6.28. The zero-order valence-corrected chi connectivity index (χ0v) is 13.8. The molecule has 1 atom stereocenters. The van der Waals surface area contributed by atoms with Crippen molar-refractivity contribution in [2.75, 3.05) is 26.2 Å². The summed E-state index contributed by atoms with van der Waals surface area (Å²) >= 11 is 12.2. The smallest absolute Gasteiger partial charge is 0.0971 e. The van der Waals surface area contributed by atoms with Crippen LogP contribution in [0, 0.1) is 5.92 Å². The summed E-state index contributed by atoms with van der Waals surface area (Å²) in [5.74, 6) is 0.617. The zero-order valence-electron chi connectivity index (χ0n) is 12.2. The molecule has 0 aromatic heterocycles. The summed E-state index contributed by atoms with van der Waals surface area (Å²) in [4.78, 5) is 0. The highest BCUT2D eigenvalue weighted by molar-refractivity contribution is 6.35. The van der Waals surface area contributed by atoms with Crippen molar-refractivity contribution in [2.24, 2.45) is 5.92 Å². The fourth-order valence-corrected chi connectivity index (χ4v) is 3.99. The van der Waals surface area contributed by atoms with Crippen molar-refractivity contribution in [3.8, 4) is 0 Å². The molecule has 0 aliphatic carbocycles. The lowest BCUT2D eigenvalue weighted by Crippen LogP contribution is -2.48. The fraction of sp³-hybridized carbons (Fsp3) is 0.529. The Morgan fingerprint density at radius 1 is 1.30 bits per heavy atom. The van der Waals surface area contributed by atoms with E-state index in [-0.39, 0.29) is 0 Å². The van der Waals surface area contributed by atoms with Gasteiger partial charge in [0.2, 0.25) is 0 Å². The minimum atomic E-state index is 0.617. The van der Waals surface area contributed by atoms with Crippen LogP contribution in [0.25, 0.3) is 0 Å². The molecule has 2 rings (SSSR count). The molecule has 1 fully saturated rings. The van der Waals surface area contributed by atoms with E-state index in [0.717, 1.165) is 18.0 Å². The third kappa shape index (κ3) is 4.00. The van der Waals surface area contributed by atoms with Crippen LogP contribution in [0.1, 0.15) is 25.3 Å². The average Bonchev–Trinajstić information content (AvgIpc) is 2.81. The molecule has 0 spiro atoms. The molecule has 1 heterocycles. The van der Waals surface area contributed by atoms with Gasteiger partial charge < -0.3 is 4.48 Å². The maximum atomic E-state index is 6.28. The number of rotatable bonds is 6. The fourth-order valence-electron chi connectivity index (χ4n) is 3.51. The number of benzene rings is 1. The minimum absolute atomic E-state index is 0.617. The Balaban J connectivity index is 2.00. The van der Waals surface area contributed by atoms with Crippen molar-refractivity contribution in [3.05, 3.63) is 46.5 Å². The lowest BCUT2D eigenvalue weighted by molar-refractivity contribution is -0.914. The monoisotopic (exact) mass is 312 g/mol. The van der Waals surface area contributed by atoms with Crippen LogP contribution in [-0.2, 0) is 6.42 Å². The van der Waals surface area contributed by atoms with Gasteiger partial charge in [-0.2, -0.15) is 0 Å². The maximum Gasteiger partial charge on any atom is 0.0971 e. The van der Waals surface area contributed by atoms with E-state index in [1.807, 2.05) is 12.1 Å². The van der Waals surface area contributed by atoms with Gasteiger partial charge in [-0.05, 0) is 30.2 Å². The van der Waals surface area contributed by atoms with Crippen molar-refractivity contribution in [2.45, 2.75) is 26.2 Å². The standard InChI is InChI=1S/C17H24Cl2N/c1-3-8-20(9-4-5-10-20)13-14(2)11-15-6-7-16(18)12-17(15)19/h3,6-7,12,14H,1,4-5,8-11,13H2,2H3/q+1. The van der Waals surface area contributed by atoms with E-state index in [0.29, 0.717) is 10.9 Å². The van der Waals surface area contributed by atoms with Crippen molar-refractivity contribution in [3.63, 3.8) is 0 Å². The van der Waals surface area contributed by atoms with Gasteiger partial charge in [-0.15, -0.1) is 0 Å². The van der Waals surface area contributed by atoms with Crippen LogP contribution in [0.15, 0.2) is 30.9 Å². The van der Waals surface area contributed by atoms with Gasteiger partial charge in [-0.25, -0.2) is 0 Å². The van der Waals surface area contributed by atoms with Gasteiger partial charge in [0.1, 0.15) is 0 Å². The number of hydrogen-bond acceptors (Lipinski definition) is 0. The van der Waals surface area contributed by atoms with Gasteiger partial charge in [0.25, 0.3) is 0 Å². The normalized spacial score (nSPS) is 18.9. The summed E-state index contributed by atoms with van der Waals surface area (Å²) < 4.78 is 1.20. The predicted molar refractivity (Wildman–Crippen MR) is 88.5 cm³/mol. The van der Waals surface area contributed by atoms with Crippen molar-refractivity contribution < 1.29 is 4.48 Å². The van der Waals surface area contributed by atoms with Gasteiger partial charge in [0, 0.05) is 28.8 Å². The first-order valence-electron chi connectivity index (χ1n) is 7.44. The van der Waals surface area contributed by atoms with Crippen LogP contribution in [0.4, 0.5) is 0 Å². The summed E-state index contributed by atoms with van der Waals surface area (Å²) in [7, 11) is 0. The lowest BCUT2D eigenvalue weighted by atomic mass is 9.99. The molecule has 1 aromatic carbocycles. The molecule has 1 aliphatic rings. The minimum Gasteiger partial charge on any atom is -0.320 e. The Hall–Kier alpha value is -0.500. The summed E-state index contributed by atoms with van der Waals surface area (Å²) in [5, 5.41) is 1.50. The molecule has 110 valence electrons. The summed E-state index contributed by atoms with van der Waals surface area (Å²) in [5.41, 5.74) is 1.21. The van der Waals surface area contributed by atoms with Crippen LogP contribution >= 0.6 is 23.2 Å². The second-order valence-corrected chi connectivity index (χ2v) is 7.04. The molecule has 0 N–H and O–H groups in total. The third-order valence-corrected chi connectivity index (χ3v) is 4.90. The summed E-state index contributed by atoms with van der Waals surface area (Å²) in [6.45, 7) is 11.2. The molecular weight excluding hydrogens is 289 g/mol. The lowest BCUT2D eigenvalue weighted by Gasteiger charge is -2.35. The Morgan fingerprint density at radius 3 is 2.60 bits per heavy atom. The molecule has 1 saturated heterocycles. The molecule has 1 aliphatic heterocycles. The van der Waals surface area contributed by atoms with Gasteiger partial charge in [0.15, 0.2) is 0 Å². The zero-order chi connectivity index (χ0) is 14.6. The third-order valence-electron chi connectivity index (χ3n) is 4.31. The molecule has 1 unspecified atom stereocenters. The van der Waals surface area contributed by atoms with Crippen LogP contribution in [-0.4, -0.2) is 30.7 Å². The summed E-state index contributed by atoms with van der Waals surface area (Å²) in [6, 6.07) is 5.83. The highest BCUT2D eigenvalue weighted by Crippen LogP contribution is 2.26. The molecule has 0 amide bonds. The Kier molecular flexibility index (Phi) is 5.54. The quantitative estimate of drug-likeness (QED) is 0.514. The van der Waals surface area contributed by atoms with Crippen LogP contribution in [0.5, 0.6) is 0 Å². The molecule has 3 heteroatoms. The van der Waals surface area contributed by atoms with Gasteiger partial charge in [-0.1, -0.05) is 42.8 Å². The topological polar surface area (TPSA) is 0 Å². The van der Waals surface area contributed by atoms with Gasteiger partial charge >= 0.3 is 0 Å². The van der Waals surface area contributed by atoms with Crippen LogP contribution < -0.4 is 0 Å². The number of hydrogen-bond donors (Lipinski definition) is 0. The number of nitrogens with zero attached hydrogens (tertiary/aromatic N) is 1. The molecule has 0 saturated carbocycles. The first kappa shape index (κ1) is 15.9. The predicted octanol–water partition coefficient (Wildman–Crippen LogP) is 4.97. The highest BCUT2D eigenvalue weighted by Gasteiger charge is 2.32. The molecule has 1 aromatic rings. The van der Waals surface area contributed by atoms with E-state index in [9.17, 15) is 0 Å². The second-order valence-electron chi connectivity index (χ2n) is 6.19. The van der Waals surface area contributed by atoms with Crippen molar-refractivity contribution in [1.29, 1.82) is 0 Å².